The quantitative estimate of drug-likeness (QED) is 0.719. The summed E-state index contributed by atoms with van der Waals surface area (Å²) < 4.78 is 11.2. The molecule has 1 fully saturated rings. The Balaban J connectivity index is 2.36. The van der Waals surface area contributed by atoms with Gasteiger partial charge in [-0.1, -0.05) is 6.92 Å². The molecule has 1 aromatic carbocycles. The highest BCUT2D eigenvalue weighted by molar-refractivity contribution is 9.10. The van der Waals surface area contributed by atoms with Crippen LogP contribution in [-0.2, 0) is 4.79 Å². The van der Waals surface area contributed by atoms with E-state index in [0.29, 0.717) is 27.4 Å². The van der Waals surface area contributed by atoms with Crippen molar-refractivity contribution in [1.29, 1.82) is 0 Å². The van der Waals surface area contributed by atoms with Crippen LogP contribution in [0.3, 0.4) is 0 Å². The summed E-state index contributed by atoms with van der Waals surface area (Å²) in [5, 5.41) is -0.224. The number of rotatable bonds is 5. The Bertz CT molecular complexity index is 645. The fourth-order valence-corrected chi connectivity index (χ4v) is 3.58. The van der Waals surface area contributed by atoms with Gasteiger partial charge in [0.25, 0.3) is 11.1 Å². The molecule has 118 valence electrons. The van der Waals surface area contributed by atoms with Crippen LogP contribution in [0, 0.1) is 0 Å². The lowest BCUT2D eigenvalue weighted by Crippen LogP contribution is -2.28. The molecule has 1 aliphatic heterocycles. The van der Waals surface area contributed by atoms with Crippen molar-refractivity contribution in [3.05, 3.63) is 27.1 Å². The topological polar surface area (TPSA) is 55.8 Å². The van der Waals surface area contributed by atoms with Gasteiger partial charge in [0.2, 0.25) is 0 Å². The molecule has 0 unspecified atom stereocenters. The highest BCUT2D eigenvalue weighted by atomic mass is 79.9. The number of ether oxygens (including phenoxy) is 2. The number of amides is 2. The Hall–Kier alpha value is -1.47. The highest BCUT2D eigenvalue weighted by Gasteiger charge is 2.34. The second-order valence-corrected chi connectivity index (χ2v) is 6.42. The molecule has 1 heterocycles. The third-order valence-electron chi connectivity index (χ3n) is 3.07. The van der Waals surface area contributed by atoms with E-state index in [2.05, 4.69) is 15.9 Å². The summed E-state index contributed by atoms with van der Waals surface area (Å²) >= 11 is 4.37. The molecule has 0 aliphatic carbocycles. The van der Waals surface area contributed by atoms with Crippen molar-refractivity contribution in [2.75, 3.05) is 20.8 Å². The number of carbonyl (C=O) groups excluding carboxylic acids is 2. The lowest BCUT2D eigenvalue weighted by Gasteiger charge is -2.11. The number of imide groups is 1. The Kier molecular flexibility index (Phi) is 5.52. The summed E-state index contributed by atoms with van der Waals surface area (Å²) in [5.41, 5.74) is 0.756. The molecule has 0 radical (unpaired) electrons. The molecular weight excluding hydrogens is 370 g/mol. The molecule has 0 atom stereocenters. The minimum Gasteiger partial charge on any atom is -0.493 e. The van der Waals surface area contributed by atoms with E-state index in [-0.39, 0.29) is 11.1 Å². The first-order valence-corrected chi connectivity index (χ1v) is 8.29. The van der Waals surface area contributed by atoms with Crippen molar-refractivity contribution >= 4 is 44.9 Å². The van der Waals surface area contributed by atoms with E-state index < -0.39 is 0 Å². The summed E-state index contributed by atoms with van der Waals surface area (Å²) in [5.74, 6) is 0.886. The zero-order valence-electron chi connectivity index (χ0n) is 12.5. The molecule has 7 heteroatoms. The number of hydrogen-bond donors (Lipinski definition) is 0. The summed E-state index contributed by atoms with van der Waals surface area (Å²) in [6, 6.07) is 3.58. The van der Waals surface area contributed by atoms with Crippen molar-refractivity contribution in [3.63, 3.8) is 0 Å². The molecule has 0 saturated carbocycles. The minimum absolute atomic E-state index is 0.224. The lowest BCUT2D eigenvalue weighted by molar-refractivity contribution is -0.122. The van der Waals surface area contributed by atoms with Crippen LogP contribution in [0.5, 0.6) is 11.5 Å². The summed E-state index contributed by atoms with van der Waals surface area (Å²) in [6.45, 7) is 2.37. The average Bonchev–Trinajstić information content (AvgIpc) is 2.74. The molecule has 2 rings (SSSR count). The highest BCUT2D eigenvalue weighted by Crippen LogP contribution is 2.38. The van der Waals surface area contributed by atoms with Crippen LogP contribution in [-0.4, -0.2) is 36.8 Å². The second kappa shape index (κ2) is 7.19. The van der Waals surface area contributed by atoms with Gasteiger partial charge in [-0.15, -0.1) is 0 Å². The fraction of sp³-hybridized carbons (Fsp3) is 0.333. The normalized spacial score (nSPS) is 16.5. The number of halogens is 1. The van der Waals surface area contributed by atoms with Crippen LogP contribution in [0.2, 0.25) is 0 Å². The van der Waals surface area contributed by atoms with E-state index in [0.717, 1.165) is 23.7 Å². The van der Waals surface area contributed by atoms with Gasteiger partial charge >= 0.3 is 0 Å². The number of methoxy groups -OCH3 is 2. The van der Waals surface area contributed by atoms with Crippen LogP contribution in [0.25, 0.3) is 6.08 Å². The molecule has 1 saturated heterocycles. The Morgan fingerprint density at radius 1 is 1.27 bits per heavy atom. The van der Waals surface area contributed by atoms with E-state index in [1.54, 1.807) is 26.4 Å². The van der Waals surface area contributed by atoms with E-state index in [1.807, 2.05) is 13.0 Å². The first kappa shape index (κ1) is 16.9. The van der Waals surface area contributed by atoms with Gasteiger partial charge in [-0.2, -0.15) is 0 Å². The van der Waals surface area contributed by atoms with Gasteiger partial charge in [-0.05, 0) is 57.9 Å². The van der Waals surface area contributed by atoms with Gasteiger partial charge in [0.1, 0.15) is 0 Å². The monoisotopic (exact) mass is 385 g/mol. The molecule has 0 spiro atoms. The van der Waals surface area contributed by atoms with Gasteiger partial charge in [-0.3, -0.25) is 14.5 Å². The molecule has 0 bridgehead atoms. The number of carbonyl (C=O) groups is 2. The number of benzene rings is 1. The van der Waals surface area contributed by atoms with Gasteiger partial charge in [-0.25, -0.2) is 0 Å². The van der Waals surface area contributed by atoms with Gasteiger partial charge in [0.05, 0.1) is 23.6 Å². The third-order valence-corrected chi connectivity index (χ3v) is 4.57. The largest absolute Gasteiger partial charge is 0.493 e. The SMILES string of the molecule is CCCN1C(=O)S/C(=C\c2cc(Br)c(OC)c(OC)c2)C1=O. The van der Waals surface area contributed by atoms with Crippen LogP contribution < -0.4 is 9.47 Å². The lowest BCUT2D eigenvalue weighted by atomic mass is 10.2. The van der Waals surface area contributed by atoms with E-state index in [4.69, 9.17) is 9.47 Å². The Morgan fingerprint density at radius 3 is 2.59 bits per heavy atom. The van der Waals surface area contributed by atoms with Crippen LogP contribution in [0.4, 0.5) is 4.79 Å². The Morgan fingerprint density at radius 2 is 2.00 bits per heavy atom. The zero-order valence-corrected chi connectivity index (χ0v) is 14.9. The van der Waals surface area contributed by atoms with Crippen LogP contribution >= 0.6 is 27.7 Å². The molecule has 0 N–H and O–H groups in total. The molecular formula is C15H16BrNO4S. The molecule has 1 aliphatic rings. The average molecular weight is 386 g/mol. The first-order valence-electron chi connectivity index (χ1n) is 6.68. The molecule has 5 nitrogen and oxygen atoms in total. The minimum atomic E-state index is -0.247. The molecule has 0 aromatic heterocycles. The number of hydrogen-bond acceptors (Lipinski definition) is 5. The first-order chi connectivity index (χ1) is 10.5. The fourth-order valence-electron chi connectivity index (χ4n) is 2.09. The zero-order chi connectivity index (χ0) is 16.3. The van der Waals surface area contributed by atoms with Crippen molar-refractivity contribution < 1.29 is 19.1 Å². The maximum atomic E-state index is 12.2. The second-order valence-electron chi connectivity index (χ2n) is 4.57. The van der Waals surface area contributed by atoms with Gasteiger partial charge < -0.3 is 9.47 Å². The summed E-state index contributed by atoms with van der Waals surface area (Å²) in [4.78, 5) is 25.7. The maximum absolute atomic E-state index is 12.2. The predicted molar refractivity (Wildman–Crippen MR) is 90.2 cm³/mol. The summed E-state index contributed by atoms with van der Waals surface area (Å²) in [7, 11) is 3.10. The maximum Gasteiger partial charge on any atom is 0.293 e. The summed E-state index contributed by atoms with van der Waals surface area (Å²) in [6.07, 6.45) is 2.43. The predicted octanol–water partition coefficient (Wildman–Crippen LogP) is 3.91. The Labute approximate surface area is 141 Å². The van der Waals surface area contributed by atoms with Crippen molar-refractivity contribution in [1.82, 2.24) is 4.90 Å². The van der Waals surface area contributed by atoms with Crippen molar-refractivity contribution in [2.24, 2.45) is 0 Å². The molecule has 1 aromatic rings. The smallest absolute Gasteiger partial charge is 0.293 e. The molecule has 2 amide bonds. The van der Waals surface area contributed by atoms with Gasteiger partial charge in [0.15, 0.2) is 11.5 Å². The third kappa shape index (κ3) is 3.30. The van der Waals surface area contributed by atoms with Gasteiger partial charge in [0, 0.05) is 6.54 Å². The van der Waals surface area contributed by atoms with Crippen molar-refractivity contribution in [3.8, 4) is 11.5 Å². The standard InChI is InChI=1S/C15H16BrNO4S/c1-4-5-17-14(18)12(22-15(17)19)8-9-6-10(16)13(21-3)11(7-9)20-2/h6-8H,4-5H2,1-3H3/b12-8-. The van der Waals surface area contributed by atoms with Crippen LogP contribution in [0.1, 0.15) is 18.9 Å². The number of thioether (sulfide) groups is 1. The van der Waals surface area contributed by atoms with E-state index >= 15 is 0 Å². The number of nitrogens with zero attached hydrogens (tertiary/aromatic N) is 1. The van der Waals surface area contributed by atoms with E-state index in [1.165, 1.54) is 4.90 Å². The molecule has 22 heavy (non-hydrogen) atoms. The van der Waals surface area contributed by atoms with Crippen LogP contribution in [0.15, 0.2) is 21.5 Å². The van der Waals surface area contributed by atoms with E-state index in [9.17, 15) is 9.59 Å². The van der Waals surface area contributed by atoms with Crippen molar-refractivity contribution in [2.45, 2.75) is 13.3 Å².